The summed E-state index contributed by atoms with van der Waals surface area (Å²) < 4.78 is 204. The molecular formula is C21H23F15O2. The van der Waals surface area contributed by atoms with Crippen molar-refractivity contribution in [3.8, 4) is 0 Å². The molecule has 0 aromatic rings. The molecule has 2 aliphatic rings. The Labute approximate surface area is 206 Å². The Hall–Kier alpha value is -1.58. The zero-order valence-corrected chi connectivity index (χ0v) is 19.8. The number of carbonyl (C=O) groups is 1. The lowest BCUT2D eigenvalue weighted by molar-refractivity contribution is -0.412. The Balaban J connectivity index is 2.18. The molecule has 0 saturated heterocycles. The number of fused-ring (bicyclic) bond motifs is 2. The Bertz CT molecular complexity index is 896. The Morgan fingerprint density at radius 1 is 0.737 bits per heavy atom. The summed E-state index contributed by atoms with van der Waals surface area (Å²) in [5.74, 6) is -44.6. The van der Waals surface area contributed by atoms with Gasteiger partial charge in [0, 0.05) is 0 Å². The van der Waals surface area contributed by atoms with Gasteiger partial charge in [-0.2, -0.15) is 65.9 Å². The number of ether oxygens (including phenoxy) is 1. The van der Waals surface area contributed by atoms with E-state index in [0.29, 0.717) is 6.42 Å². The third-order valence-electron chi connectivity index (χ3n) is 7.95. The van der Waals surface area contributed by atoms with Crippen LogP contribution in [0.15, 0.2) is 0 Å². The number of alkyl halides is 15. The molecule has 0 aliphatic heterocycles. The van der Waals surface area contributed by atoms with Crippen LogP contribution in [0.3, 0.4) is 0 Å². The van der Waals surface area contributed by atoms with Crippen molar-refractivity contribution >= 4 is 5.97 Å². The summed E-state index contributed by atoms with van der Waals surface area (Å²) in [7, 11) is 0. The number of halogens is 15. The van der Waals surface area contributed by atoms with Gasteiger partial charge in [-0.05, 0) is 43.4 Å². The van der Waals surface area contributed by atoms with Gasteiger partial charge in [0.1, 0.15) is 0 Å². The van der Waals surface area contributed by atoms with Gasteiger partial charge >= 0.3 is 47.7 Å². The van der Waals surface area contributed by atoms with Crippen LogP contribution < -0.4 is 0 Å². The smallest absolute Gasteiger partial charge is 0.453 e. The highest BCUT2D eigenvalue weighted by atomic mass is 19.4. The fraction of sp³-hybridized carbons (Fsp3) is 0.952. The molecule has 0 radical (unpaired) electrons. The first-order chi connectivity index (χ1) is 16.6. The van der Waals surface area contributed by atoms with Crippen LogP contribution in [0.5, 0.6) is 0 Å². The first-order valence-corrected chi connectivity index (χ1v) is 11.1. The van der Waals surface area contributed by atoms with Gasteiger partial charge in [-0.25, -0.2) is 0 Å². The van der Waals surface area contributed by atoms with E-state index in [9.17, 15) is 70.7 Å². The predicted molar refractivity (Wildman–Crippen MR) is 98.6 cm³/mol. The molecule has 0 aromatic carbocycles. The van der Waals surface area contributed by atoms with Gasteiger partial charge in [0.05, 0.1) is 24.9 Å². The second kappa shape index (κ2) is 9.23. The number of esters is 1. The first-order valence-electron chi connectivity index (χ1n) is 11.1. The average Bonchev–Trinajstić information content (AvgIpc) is 3.21. The Kier molecular flexibility index (Phi) is 7.93. The van der Waals surface area contributed by atoms with Crippen molar-refractivity contribution in [2.24, 2.45) is 29.1 Å². The SMILES string of the molecule is CC1C2CC(C1C)C(C)(C(=O)OCCC(F)(F)C(F)(F)C(F)(F)C(F)(F)C(F)(F)CC(F)(F)C(F)(F)F)C2. The standard InChI is InChI=1S/C21H23F15O2/c1-9-10(2)12-6-11(9)7-14(12,3)13(37)38-5-4-15(22,23)18(28,29)20(32,33)19(30,31)16(24,25)8-17(26,27)21(34,35)36/h9-12H,4-8H2,1-3H3. The van der Waals surface area contributed by atoms with Crippen molar-refractivity contribution in [3.05, 3.63) is 0 Å². The van der Waals surface area contributed by atoms with Crippen molar-refractivity contribution in [1.82, 2.24) is 0 Å². The average molecular weight is 592 g/mol. The number of rotatable bonds is 10. The molecule has 38 heavy (non-hydrogen) atoms. The molecule has 0 spiro atoms. The van der Waals surface area contributed by atoms with Crippen LogP contribution in [-0.4, -0.2) is 54.3 Å². The van der Waals surface area contributed by atoms with Crippen LogP contribution in [0, 0.1) is 29.1 Å². The Morgan fingerprint density at radius 3 is 1.63 bits per heavy atom. The molecular weight excluding hydrogens is 569 g/mol. The fourth-order valence-corrected chi connectivity index (χ4v) is 5.33. The third-order valence-corrected chi connectivity index (χ3v) is 7.95. The summed E-state index contributed by atoms with van der Waals surface area (Å²) in [6.45, 7) is 3.37. The van der Waals surface area contributed by atoms with Gasteiger partial charge < -0.3 is 4.74 Å². The van der Waals surface area contributed by atoms with Crippen molar-refractivity contribution < 1.29 is 75.4 Å². The second-order valence-corrected chi connectivity index (χ2v) is 10.3. The van der Waals surface area contributed by atoms with E-state index < -0.39 is 72.5 Å². The molecule has 2 fully saturated rings. The van der Waals surface area contributed by atoms with Gasteiger partial charge in [0.25, 0.3) is 0 Å². The second-order valence-electron chi connectivity index (χ2n) is 10.3. The first kappa shape index (κ1) is 32.6. The molecule has 5 unspecified atom stereocenters. The minimum absolute atomic E-state index is 0.0237. The van der Waals surface area contributed by atoms with Gasteiger partial charge in [-0.1, -0.05) is 13.8 Å². The lowest BCUT2D eigenvalue weighted by atomic mass is 9.67. The van der Waals surface area contributed by atoms with Crippen molar-refractivity contribution in [2.75, 3.05) is 6.61 Å². The van der Waals surface area contributed by atoms with E-state index in [4.69, 9.17) is 0 Å². The highest BCUT2D eigenvalue weighted by molar-refractivity contribution is 5.77. The number of carbonyl (C=O) groups excluding carboxylic acids is 1. The molecule has 0 amide bonds. The molecule has 2 aliphatic carbocycles. The maximum absolute atomic E-state index is 14.0. The fourth-order valence-electron chi connectivity index (χ4n) is 5.33. The topological polar surface area (TPSA) is 26.3 Å². The molecule has 2 nitrogen and oxygen atoms in total. The largest absolute Gasteiger partial charge is 0.465 e. The van der Waals surface area contributed by atoms with E-state index in [1.165, 1.54) is 6.92 Å². The molecule has 5 atom stereocenters. The third kappa shape index (κ3) is 4.81. The molecule has 0 N–H and O–H groups in total. The van der Waals surface area contributed by atoms with E-state index in [2.05, 4.69) is 4.74 Å². The summed E-state index contributed by atoms with van der Waals surface area (Å²) in [4.78, 5) is 12.5. The minimum Gasteiger partial charge on any atom is -0.465 e. The van der Waals surface area contributed by atoms with Gasteiger partial charge in [-0.3, -0.25) is 4.79 Å². The summed E-state index contributed by atoms with van der Waals surface area (Å²) >= 11 is 0. The lowest BCUT2D eigenvalue weighted by Crippen LogP contribution is -2.68. The molecule has 2 rings (SSSR count). The van der Waals surface area contributed by atoms with E-state index in [-0.39, 0.29) is 30.1 Å². The summed E-state index contributed by atoms with van der Waals surface area (Å²) in [6.07, 6.45) is -13.2. The number of hydrogen-bond donors (Lipinski definition) is 0. The van der Waals surface area contributed by atoms with Crippen molar-refractivity contribution in [2.45, 2.75) is 88.2 Å². The lowest BCUT2D eigenvalue weighted by Gasteiger charge is -2.40. The van der Waals surface area contributed by atoms with E-state index in [1.807, 2.05) is 6.92 Å². The van der Waals surface area contributed by atoms with Crippen LogP contribution in [0.25, 0.3) is 0 Å². The van der Waals surface area contributed by atoms with E-state index in [1.54, 1.807) is 6.92 Å². The molecule has 224 valence electrons. The van der Waals surface area contributed by atoms with Crippen LogP contribution in [0.4, 0.5) is 65.9 Å². The van der Waals surface area contributed by atoms with Crippen LogP contribution in [0.2, 0.25) is 0 Å². The normalized spacial score (nSPS) is 29.6. The maximum atomic E-state index is 14.0. The monoisotopic (exact) mass is 592 g/mol. The zero-order valence-electron chi connectivity index (χ0n) is 19.8. The summed E-state index contributed by atoms with van der Waals surface area (Å²) in [5.41, 5.74) is -1.25. The van der Waals surface area contributed by atoms with Gasteiger partial charge in [-0.15, -0.1) is 0 Å². The summed E-state index contributed by atoms with van der Waals surface area (Å²) in [6, 6.07) is 0. The maximum Gasteiger partial charge on any atom is 0.453 e. The highest BCUT2D eigenvalue weighted by Gasteiger charge is 2.87. The van der Waals surface area contributed by atoms with Gasteiger partial charge in [0.2, 0.25) is 0 Å². The molecule has 0 aromatic heterocycles. The quantitative estimate of drug-likeness (QED) is 0.190. The van der Waals surface area contributed by atoms with E-state index in [0.717, 1.165) is 0 Å². The van der Waals surface area contributed by atoms with Crippen LogP contribution in [-0.2, 0) is 9.53 Å². The van der Waals surface area contributed by atoms with E-state index >= 15 is 0 Å². The van der Waals surface area contributed by atoms with Crippen molar-refractivity contribution in [1.29, 1.82) is 0 Å². The van der Waals surface area contributed by atoms with Gasteiger partial charge in [0.15, 0.2) is 0 Å². The van der Waals surface area contributed by atoms with Crippen LogP contribution in [0.1, 0.15) is 46.5 Å². The van der Waals surface area contributed by atoms with Crippen LogP contribution >= 0.6 is 0 Å². The zero-order chi connectivity index (χ0) is 30.1. The minimum atomic E-state index is -7.83. The molecule has 0 heterocycles. The van der Waals surface area contributed by atoms with Crippen molar-refractivity contribution in [3.63, 3.8) is 0 Å². The number of hydrogen-bond acceptors (Lipinski definition) is 2. The highest BCUT2D eigenvalue weighted by Crippen LogP contribution is 2.62. The Morgan fingerprint density at radius 2 is 1.21 bits per heavy atom. The molecule has 2 saturated carbocycles. The molecule has 2 bridgehead atoms. The molecule has 17 heteroatoms. The predicted octanol–water partition coefficient (Wildman–Crippen LogP) is 8.00. The summed E-state index contributed by atoms with van der Waals surface area (Å²) in [5, 5.41) is 0.